The van der Waals surface area contributed by atoms with E-state index in [1.54, 1.807) is 57.8 Å². The first-order chi connectivity index (χ1) is 9.39. The molecule has 0 aromatic carbocycles. The average molecular weight is 262 g/mol. The Balaban J connectivity index is 1.67. The lowest BCUT2D eigenvalue weighted by Crippen LogP contribution is -2.36. The van der Waals surface area contributed by atoms with Gasteiger partial charge in [0.1, 0.15) is 0 Å². The van der Waals surface area contributed by atoms with Gasteiger partial charge in [0, 0.05) is 0 Å². The molecule has 0 spiro atoms. The predicted molar refractivity (Wildman–Crippen MR) is 83.3 cm³/mol. The molecule has 0 heteroatoms. The molecule has 3 aliphatic rings. The summed E-state index contributed by atoms with van der Waals surface area (Å²) >= 11 is 0. The Morgan fingerprint density at radius 2 is 1.11 bits per heavy atom. The van der Waals surface area contributed by atoms with Crippen molar-refractivity contribution in [1.82, 2.24) is 0 Å². The molecular weight excluding hydrogens is 228 g/mol. The van der Waals surface area contributed by atoms with E-state index < -0.39 is 0 Å². The van der Waals surface area contributed by atoms with Crippen molar-refractivity contribution in [2.75, 3.05) is 0 Å². The largest absolute Gasteiger partial charge is 0.0533 e. The van der Waals surface area contributed by atoms with E-state index in [1.165, 1.54) is 44.9 Å². The maximum Gasteiger partial charge on any atom is -0.0267 e. The molecule has 3 saturated carbocycles. The first-order valence-electron chi connectivity index (χ1n) is 9.39. The standard InChI is InChI=1S/C19H34/c1-4-10-17(11-5-1)16-19(14-8-3-9-15-19)18-12-6-2-7-13-18/h17-18H,1-16H2. The average Bonchev–Trinajstić information content (AvgIpc) is 2.50. The van der Waals surface area contributed by atoms with E-state index in [0.717, 1.165) is 17.3 Å². The number of hydrogen-bond acceptors (Lipinski definition) is 0. The summed E-state index contributed by atoms with van der Waals surface area (Å²) in [6.07, 6.45) is 24.9. The van der Waals surface area contributed by atoms with Gasteiger partial charge < -0.3 is 0 Å². The van der Waals surface area contributed by atoms with Crippen LogP contribution in [-0.4, -0.2) is 0 Å². The molecule has 0 bridgehead atoms. The van der Waals surface area contributed by atoms with Crippen LogP contribution in [0.25, 0.3) is 0 Å². The summed E-state index contributed by atoms with van der Waals surface area (Å²) in [7, 11) is 0. The second-order valence-electron chi connectivity index (χ2n) is 7.97. The van der Waals surface area contributed by atoms with Crippen molar-refractivity contribution in [3.8, 4) is 0 Å². The van der Waals surface area contributed by atoms with Crippen molar-refractivity contribution in [2.45, 2.75) is 103 Å². The SMILES string of the molecule is C1CCC(CC2(C3CCCCC3)CCCCC2)CC1. The van der Waals surface area contributed by atoms with Gasteiger partial charge in [-0.15, -0.1) is 0 Å². The zero-order chi connectivity index (χ0) is 13.0. The van der Waals surface area contributed by atoms with Crippen LogP contribution in [0.1, 0.15) is 103 Å². The minimum Gasteiger partial charge on any atom is -0.0533 e. The first-order valence-corrected chi connectivity index (χ1v) is 9.39. The van der Waals surface area contributed by atoms with Crippen LogP contribution in [0.15, 0.2) is 0 Å². The Labute approximate surface area is 120 Å². The maximum atomic E-state index is 1.62. The molecule has 3 rings (SSSR count). The zero-order valence-corrected chi connectivity index (χ0v) is 13.0. The Bertz CT molecular complexity index is 249. The van der Waals surface area contributed by atoms with Crippen molar-refractivity contribution < 1.29 is 0 Å². The summed E-state index contributed by atoms with van der Waals surface area (Å²) in [6.45, 7) is 0. The van der Waals surface area contributed by atoms with E-state index in [0.29, 0.717) is 0 Å². The molecule has 0 atom stereocenters. The fourth-order valence-electron chi connectivity index (χ4n) is 5.72. The highest BCUT2D eigenvalue weighted by atomic mass is 14.5. The lowest BCUT2D eigenvalue weighted by molar-refractivity contribution is 0.0330. The van der Waals surface area contributed by atoms with Gasteiger partial charge in [0.05, 0.1) is 0 Å². The number of hydrogen-bond donors (Lipinski definition) is 0. The van der Waals surface area contributed by atoms with Crippen molar-refractivity contribution in [3.63, 3.8) is 0 Å². The van der Waals surface area contributed by atoms with Crippen molar-refractivity contribution >= 4 is 0 Å². The van der Waals surface area contributed by atoms with Crippen LogP contribution in [0.5, 0.6) is 0 Å². The van der Waals surface area contributed by atoms with Crippen LogP contribution in [0.2, 0.25) is 0 Å². The van der Waals surface area contributed by atoms with Gasteiger partial charge in [0.15, 0.2) is 0 Å². The van der Waals surface area contributed by atoms with E-state index in [1.807, 2.05) is 0 Å². The van der Waals surface area contributed by atoms with Crippen LogP contribution in [0, 0.1) is 17.3 Å². The molecule has 0 radical (unpaired) electrons. The van der Waals surface area contributed by atoms with E-state index in [4.69, 9.17) is 0 Å². The van der Waals surface area contributed by atoms with Crippen molar-refractivity contribution in [3.05, 3.63) is 0 Å². The van der Waals surface area contributed by atoms with Crippen LogP contribution < -0.4 is 0 Å². The number of rotatable bonds is 3. The normalized spacial score (nSPS) is 30.3. The highest BCUT2D eigenvalue weighted by Gasteiger charge is 2.41. The van der Waals surface area contributed by atoms with Gasteiger partial charge in [-0.2, -0.15) is 0 Å². The van der Waals surface area contributed by atoms with Crippen LogP contribution >= 0.6 is 0 Å². The van der Waals surface area contributed by atoms with E-state index in [-0.39, 0.29) is 0 Å². The van der Waals surface area contributed by atoms with Crippen LogP contribution in [0.3, 0.4) is 0 Å². The Morgan fingerprint density at radius 1 is 0.579 bits per heavy atom. The van der Waals surface area contributed by atoms with Gasteiger partial charge in [0.2, 0.25) is 0 Å². The highest BCUT2D eigenvalue weighted by molar-refractivity contribution is 4.92. The van der Waals surface area contributed by atoms with Gasteiger partial charge in [-0.05, 0) is 49.4 Å². The summed E-state index contributed by atoms with van der Waals surface area (Å²) in [5, 5.41) is 0. The molecule has 0 unspecified atom stereocenters. The van der Waals surface area contributed by atoms with Gasteiger partial charge in [-0.1, -0.05) is 70.6 Å². The predicted octanol–water partition coefficient (Wildman–Crippen LogP) is 6.49. The summed E-state index contributed by atoms with van der Waals surface area (Å²) in [4.78, 5) is 0. The molecule has 19 heavy (non-hydrogen) atoms. The second kappa shape index (κ2) is 6.64. The molecule has 0 aromatic rings. The molecule has 110 valence electrons. The minimum absolute atomic E-state index is 0.806. The molecule has 0 heterocycles. The molecule has 3 fully saturated rings. The smallest absolute Gasteiger partial charge is 0.0267 e. The molecule has 0 aliphatic heterocycles. The fourth-order valence-corrected chi connectivity index (χ4v) is 5.72. The Morgan fingerprint density at radius 3 is 1.74 bits per heavy atom. The summed E-state index contributed by atoms with van der Waals surface area (Å²) in [5.41, 5.74) is 0.806. The van der Waals surface area contributed by atoms with Gasteiger partial charge in [-0.3, -0.25) is 0 Å². The topological polar surface area (TPSA) is 0 Å². The van der Waals surface area contributed by atoms with Crippen LogP contribution in [0.4, 0.5) is 0 Å². The quantitative estimate of drug-likeness (QED) is 0.545. The molecule has 0 amide bonds. The van der Waals surface area contributed by atoms with Gasteiger partial charge >= 0.3 is 0 Å². The lowest BCUT2D eigenvalue weighted by atomic mass is 9.57. The van der Waals surface area contributed by atoms with E-state index in [2.05, 4.69) is 0 Å². The Kier molecular flexibility index (Phi) is 4.87. The maximum absolute atomic E-state index is 1.62. The summed E-state index contributed by atoms with van der Waals surface area (Å²) < 4.78 is 0. The first kappa shape index (κ1) is 14.0. The molecular formula is C19H34. The molecule has 0 N–H and O–H groups in total. The fraction of sp³-hybridized carbons (Fsp3) is 1.00. The third-order valence-corrected chi connectivity index (χ3v) is 6.74. The van der Waals surface area contributed by atoms with Crippen LogP contribution in [-0.2, 0) is 0 Å². The lowest BCUT2D eigenvalue weighted by Gasteiger charge is -2.48. The van der Waals surface area contributed by atoms with Gasteiger partial charge in [0.25, 0.3) is 0 Å². The molecule has 3 aliphatic carbocycles. The molecule has 0 aromatic heterocycles. The van der Waals surface area contributed by atoms with Crippen molar-refractivity contribution in [1.29, 1.82) is 0 Å². The third kappa shape index (κ3) is 3.37. The summed E-state index contributed by atoms with van der Waals surface area (Å²) in [5.74, 6) is 2.22. The van der Waals surface area contributed by atoms with Gasteiger partial charge in [-0.25, -0.2) is 0 Å². The van der Waals surface area contributed by atoms with Crippen molar-refractivity contribution in [2.24, 2.45) is 17.3 Å². The van der Waals surface area contributed by atoms with E-state index in [9.17, 15) is 0 Å². The molecule has 0 saturated heterocycles. The molecule has 0 nitrogen and oxygen atoms in total. The third-order valence-electron chi connectivity index (χ3n) is 6.74. The zero-order valence-electron chi connectivity index (χ0n) is 13.0. The monoisotopic (exact) mass is 262 g/mol. The Hall–Kier alpha value is 0. The second-order valence-corrected chi connectivity index (χ2v) is 7.97. The summed E-state index contributed by atoms with van der Waals surface area (Å²) in [6, 6.07) is 0. The highest BCUT2D eigenvalue weighted by Crippen LogP contribution is 2.53. The minimum atomic E-state index is 0.806. The van der Waals surface area contributed by atoms with E-state index >= 15 is 0 Å².